The Morgan fingerprint density at radius 3 is 2.74 bits per heavy atom. The van der Waals surface area contributed by atoms with E-state index in [4.69, 9.17) is 10.5 Å². The summed E-state index contributed by atoms with van der Waals surface area (Å²) in [4.78, 5) is 11.0. The summed E-state index contributed by atoms with van der Waals surface area (Å²) in [6.07, 6.45) is 0. The van der Waals surface area contributed by atoms with Crippen LogP contribution < -0.4 is 10.5 Å². The highest BCUT2D eigenvalue weighted by Crippen LogP contribution is 2.18. The first kappa shape index (κ1) is 13.8. The number of hydrogen-bond donors (Lipinski definition) is 1. The minimum absolute atomic E-state index is 0.0487. The molecule has 1 amide bonds. The van der Waals surface area contributed by atoms with Crippen LogP contribution in [0.25, 0.3) is 0 Å². The van der Waals surface area contributed by atoms with Gasteiger partial charge in [0.1, 0.15) is 18.2 Å². The van der Waals surface area contributed by atoms with E-state index in [0.29, 0.717) is 11.3 Å². The molecule has 0 aliphatic heterocycles. The number of rotatable bonds is 4. The monoisotopic (exact) mass is 371 g/mol. The molecular weight excluding hydrogens is 360 g/mol. The van der Waals surface area contributed by atoms with Gasteiger partial charge in [-0.2, -0.15) is 0 Å². The molecule has 0 saturated carbocycles. The van der Waals surface area contributed by atoms with Crippen molar-refractivity contribution in [1.82, 2.24) is 0 Å². The number of carbonyl (C=O) groups is 1. The molecular formula is C14H11FINO2. The molecule has 5 heteroatoms. The third-order valence-corrected chi connectivity index (χ3v) is 3.19. The zero-order valence-corrected chi connectivity index (χ0v) is 12.1. The van der Waals surface area contributed by atoms with Crippen LogP contribution in [0, 0.1) is 9.39 Å². The second kappa shape index (κ2) is 6.01. The van der Waals surface area contributed by atoms with Crippen molar-refractivity contribution in [1.29, 1.82) is 0 Å². The lowest BCUT2D eigenvalue weighted by molar-refractivity contribution is 0.1000. The number of ether oxygens (including phenoxy) is 1. The Balaban J connectivity index is 2.15. The summed E-state index contributed by atoms with van der Waals surface area (Å²) < 4.78 is 20.1. The fourth-order valence-corrected chi connectivity index (χ4v) is 2.07. The minimum Gasteiger partial charge on any atom is -0.489 e. The van der Waals surface area contributed by atoms with Crippen LogP contribution in [0.2, 0.25) is 0 Å². The average Bonchev–Trinajstić information content (AvgIpc) is 2.37. The molecule has 98 valence electrons. The van der Waals surface area contributed by atoms with Gasteiger partial charge in [0, 0.05) is 14.7 Å². The molecule has 0 bridgehead atoms. The molecule has 0 aliphatic carbocycles. The Hall–Kier alpha value is -1.63. The molecule has 0 atom stereocenters. The van der Waals surface area contributed by atoms with Gasteiger partial charge in [0.2, 0.25) is 5.91 Å². The van der Waals surface area contributed by atoms with E-state index in [1.807, 2.05) is 18.2 Å². The Bertz CT molecular complexity index is 616. The van der Waals surface area contributed by atoms with Gasteiger partial charge < -0.3 is 10.5 Å². The molecule has 2 aromatic rings. The molecule has 0 heterocycles. The van der Waals surface area contributed by atoms with Gasteiger partial charge in [0.25, 0.3) is 0 Å². The second-order valence-electron chi connectivity index (χ2n) is 3.92. The van der Waals surface area contributed by atoms with E-state index >= 15 is 0 Å². The number of amides is 1. The predicted octanol–water partition coefficient (Wildman–Crippen LogP) is 3.11. The number of halogens is 2. The van der Waals surface area contributed by atoms with E-state index in [1.165, 1.54) is 18.2 Å². The van der Waals surface area contributed by atoms with Crippen LogP contribution >= 0.6 is 22.6 Å². The maximum Gasteiger partial charge on any atom is 0.248 e. The SMILES string of the molecule is NC(=O)c1ccc(F)c(COc2cccc(I)c2)c1. The van der Waals surface area contributed by atoms with E-state index < -0.39 is 11.7 Å². The van der Waals surface area contributed by atoms with Crippen LogP contribution in [0.4, 0.5) is 4.39 Å². The topological polar surface area (TPSA) is 52.3 Å². The highest BCUT2D eigenvalue weighted by Gasteiger charge is 2.08. The summed E-state index contributed by atoms with van der Waals surface area (Å²) in [6.45, 7) is 0.0487. The van der Waals surface area contributed by atoms with Crippen LogP contribution in [-0.2, 0) is 6.61 Å². The van der Waals surface area contributed by atoms with Crippen molar-refractivity contribution >= 4 is 28.5 Å². The third-order valence-electron chi connectivity index (χ3n) is 2.52. The number of carbonyl (C=O) groups excluding carboxylic acids is 1. The van der Waals surface area contributed by atoms with Crippen molar-refractivity contribution in [2.45, 2.75) is 6.61 Å². The molecule has 2 rings (SSSR count). The van der Waals surface area contributed by atoms with Gasteiger partial charge >= 0.3 is 0 Å². The summed E-state index contributed by atoms with van der Waals surface area (Å²) in [6, 6.07) is 11.4. The molecule has 3 nitrogen and oxygen atoms in total. The van der Waals surface area contributed by atoms with Gasteiger partial charge in [-0.05, 0) is 59.0 Å². The average molecular weight is 371 g/mol. The van der Waals surface area contributed by atoms with Crippen molar-refractivity contribution in [3.05, 3.63) is 63.0 Å². The molecule has 0 fully saturated rings. The predicted molar refractivity (Wildman–Crippen MR) is 78.4 cm³/mol. The second-order valence-corrected chi connectivity index (χ2v) is 5.16. The van der Waals surface area contributed by atoms with Gasteiger partial charge in [-0.3, -0.25) is 4.79 Å². The largest absolute Gasteiger partial charge is 0.489 e. The first-order chi connectivity index (χ1) is 9.06. The van der Waals surface area contributed by atoms with Gasteiger partial charge in [0.05, 0.1) is 0 Å². The third kappa shape index (κ3) is 3.66. The molecule has 0 radical (unpaired) electrons. The Kier molecular flexibility index (Phi) is 4.36. The fraction of sp³-hybridized carbons (Fsp3) is 0.0714. The van der Waals surface area contributed by atoms with E-state index in [-0.39, 0.29) is 12.2 Å². The Morgan fingerprint density at radius 2 is 2.05 bits per heavy atom. The summed E-state index contributed by atoms with van der Waals surface area (Å²) in [5.41, 5.74) is 5.72. The van der Waals surface area contributed by atoms with E-state index in [0.717, 1.165) is 3.57 Å². The van der Waals surface area contributed by atoms with Gasteiger partial charge in [0.15, 0.2) is 0 Å². The molecule has 19 heavy (non-hydrogen) atoms. The maximum absolute atomic E-state index is 13.6. The fourth-order valence-electron chi connectivity index (χ4n) is 1.56. The number of hydrogen-bond acceptors (Lipinski definition) is 2. The summed E-state index contributed by atoms with van der Waals surface area (Å²) >= 11 is 2.17. The number of nitrogens with two attached hydrogens (primary N) is 1. The summed E-state index contributed by atoms with van der Waals surface area (Å²) in [5, 5.41) is 0. The van der Waals surface area contributed by atoms with Crippen LogP contribution in [-0.4, -0.2) is 5.91 Å². The Morgan fingerprint density at radius 1 is 1.26 bits per heavy atom. The highest BCUT2D eigenvalue weighted by molar-refractivity contribution is 14.1. The van der Waals surface area contributed by atoms with E-state index in [9.17, 15) is 9.18 Å². The van der Waals surface area contributed by atoms with Gasteiger partial charge in [-0.25, -0.2) is 4.39 Å². The zero-order chi connectivity index (χ0) is 13.8. The molecule has 2 aromatic carbocycles. The lowest BCUT2D eigenvalue weighted by Gasteiger charge is -2.08. The Labute approximate surface area is 123 Å². The molecule has 0 unspecified atom stereocenters. The first-order valence-corrected chi connectivity index (χ1v) is 6.61. The lowest BCUT2D eigenvalue weighted by Crippen LogP contribution is -2.12. The highest BCUT2D eigenvalue weighted by atomic mass is 127. The molecule has 2 N–H and O–H groups in total. The number of benzene rings is 2. The zero-order valence-electron chi connectivity index (χ0n) is 9.90. The van der Waals surface area contributed by atoms with Crippen molar-refractivity contribution in [2.24, 2.45) is 5.73 Å². The molecule has 0 aliphatic rings. The van der Waals surface area contributed by atoms with E-state index in [2.05, 4.69) is 22.6 Å². The summed E-state index contributed by atoms with van der Waals surface area (Å²) in [5.74, 6) is -0.359. The van der Waals surface area contributed by atoms with Crippen LogP contribution in [0.3, 0.4) is 0 Å². The van der Waals surface area contributed by atoms with Gasteiger partial charge in [-0.15, -0.1) is 0 Å². The van der Waals surface area contributed by atoms with Crippen LogP contribution in [0.15, 0.2) is 42.5 Å². The summed E-state index contributed by atoms with van der Waals surface area (Å²) in [7, 11) is 0. The van der Waals surface area contributed by atoms with Crippen molar-refractivity contribution in [3.8, 4) is 5.75 Å². The van der Waals surface area contributed by atoms with E-state index in [1.54, 1.807) is 6.07 Å². The number of primary amides is 1. The molecule has 0 aromatic heterocycles. The quantitative estimate of drug-likeness (QED) is 0.840. The molecule has 0 spiro atoms. The van der Waals surface area contributed by atoms with Crippen molar-refractivity contribution < 1.29 is 13.9 Å². The van der Waals surface area contributed by atoms with Crippen LogP contribution in [0.1, 0.15) is 15.9 Å². The lowest BCUT2D eigenvalue weighted by atomic mass is 10.1. The first-order valence-electron chi connectivity index (χ1n) is 5.53. The van der Waals surface area contributed by atoms with Crippen LogP contribution in [0.5, 0.6) is 5.75 Å². The molecule has 0 saturated heterocycles. The van der Waals surface area contributed by atoms with Crippen molar-refractivity contribution in [2.75, 3.05) is 0 Å². The standard InChI is InChI=1S/C14H11FINO2/c15-13-5-4-9(14(17)18)6-10(13)8-19-12-3-1-2-11(16)7-12/h1-7H,8H2,(H2,17,18). The smallest absolute Gasteiger partial charge is 0.248 e. The van der Waals surface area contributed by atoms with Gasteiger partial charge in [-0.1, -0.05) is 6.07 Å². The minimum atomic E-state index is -0.587. The normalized spacial score (nSPS) is 10.2. The maximum atomic E-state index is 13.6. The van der Waals surface area contributed by atoms with Crippen molar-refractivity contribution in [3.63, 3.8) is 0 Å².